The number of likely N-dealkylation sites (tertiary alicyclic amines) is 1. The lowest BCUT2D eigenvalue weighted by atomic mass is 10.0. The predicted octanol–water partition coefficient (Wildman–Crippen LogP) is 2.85. The molecule has 1 aromatic rings. The van der Waals surface area contributed by atoms with E-state index in [4.69, 9.17) is 5.26 Å². The fourth-order valence-electron chi connectivity index (χ4n) is 2.33. The van der Waals surface area contributed by atoms with E-state index in [-0.39, 0.29) is 18.0 Å². The number of nitrogens with zero attached hydrogens (tertiary/aromatic N) is 2. The minimum absolute atomic E-state index is 0.0353. The smallest absolute Gasteiger partial charge is 0.222 e. The van der Waals surface area contributed by atoms with E-state index < -0.39 is 5.82 Å². The van der Waals surface area contributed by atoms with Crippen molar-refractivity contribution in [1.29, 1.82) is 5.26 Å². The van der Waals surface area contributed by atoms with Gasteiger partial charge in [0.25, 0.3) is 0 Å². The van der Waals surface area contributed by atoms with Gasteiger partial charge in [-0.15, -0.1) is 0 Å². The minimum Gasteiger partial charge on any atom is -0.338 e. The monoisotopic (exact) mass is 260 g/mol. The number of halogens is 1. The van der Waals surface area contributed by atoms with Crippen LogP contribution in [0.5, 0.6) is 0 Å². The molecular weight excluding hydrogens is 243 g/mol. The zero-order chi connectivity index (χ0) is 13.8. The Morgan fingerprint density at radius 2 is 2.26 bits per heavy atom. The number of rotatable bonds is 2. The van der Waals surface area contributed by atoms with Crippen LogP contribution in [0.3, 0.4) is 0 Å². The molecule has 0 spiro atoms. The Morgan fingerprint density at radius 3 is 3.00 bits per heavy atom. The summed E-state index contributed by atoms with van der Waals surface area (Å²) in [5, 5.41) is 8.81. The van der Waals surface area contributed by atoms with Gasteiger partial charge in [0.1, 0.15) is 11.9 Å². The van der Waals surface area contributed by atoms with Gasteiger partial charge in [0.2, 0.25) is 5.91 Å². The second-order valence-electron chi connectivity index (χ2n) is 5.14. The molecule has 4 heteroatoms. The fourth-order valence-corrected chi connectivity index (χ4v) is 2.33. The minimum atomic E-state index is -0.505. The molecule has 1 heterocycles. The summed E-state index contributed by atoms with van der Waals surface area (Å²) in [7, 11) is 0. The third-order valence-electron chi connectivity index (χ3n) is 3.66. The van der Waals surface area contributed by atoms with Gasteiger partial charge in [0, 0.05) is 25.1 Å². The molecule has 2 rings (SSSR count). The molecule has 100 valence electrons. The second-order valence-corrected chi connectivity index (χ2v) is 5.14. The molecule has 0 aromatic heterocycles. The molecule has 0 aliphatic carbocycles. The summed E-state index contributed by atoms with van der Waals surface area (Å²) in [5.41, 5.74) is 0.454. The Balaban J connectivity index is 2.16. The summed E-state index contributed by atoms with van der Waals surface area (Å²) >= 11 is 0. The molecule has 1 unspecified atom stereocenters. The second kappa shape index (κ2) is 5.83. The number of amides is 1. The number of carbonyl (C=O) groups is 1. The van der Waals surface area contributed by atoms with E-state index in [1.807, 2.05) is 6.07 Å². The molecule has 0 radical (unpaired) electrons. The molecule has 3 nitrogen and oxygen atoms in total. The van der Waals surface area contributed by atoms with E-state index in [0.29, 0.717) is 24.4 Å². The van der Waals surface area contributed by atoms with Crippen LogP contribution >= 0.6 is 0 Å². The Hall–Kier alpha value is -1.89. The Labute approximate surface area is 112 Å². The van der Waals surface area contributed by atoms with E-state index in [0.717, 1.165) is 12.8 Å². The maximum atomic E-state index is 14.0. The Kier molecular flexibility index (Phi) is 4.16. The molecule has 1 saturated heterocycles. The molecule has 0 bridgehead atoms. The molecule has 1 aliphatic heterocycles. The van der Waals surface area contributed by atoms with Gasteiger partial charge in [-0.3, -0.25) is 4.79 Å². The lowest BCUT2D eigenvalue weighted by molar-refractivity contribution is -0.131. The maximum absolute atomic E-state index is 14.0. The van der Waals surface area contributed by atoms with Crippen LogP contribution in [0.15, 0.2) is 18.2 Å². The van der Waals surface area contributed by atoms with Crippen molar-refractivity contribution in [2.24, 2.45) is 5.92 Å². The van der Waals surface area contributed by atoms with Crippen LogP contribution in [0.4, 0.5) is 4.39 Å². The van der Waals surface area contributed by atoms with Crippen LogP contribution < -0.4 is 0 Å². The number of hydrogen-bond donors (Lipinski definition) is 0. The van der Waals surface area contributed by atoms with Crippen molar-refractivity contribution in [3.63, 3.8) is 0 Å². The number of benzene rings is 1. The van der Waals surface area contributed by atoms with Crippen LogP contribution in [-0.2, 0) is 11.3 Å². The number of nitriles is 1. The van der Waals surface area contributed by atoms with Crippen molar-refractivity contribution >= 4 is 5.91 Å². The average molecular weight is 260 g/mol. The van der Waals surface area contributed by atoms with Gasteiger partial charge in [0.15, 0.2) is 0 Å². The highest BCUT2D eigenvalue weighted by atomic mass is 19.1. The van der Waals surface area contributed by atoms with Gasteiger partial charge < -0.3 is 4.90 Å². The van der Waals surface area contributed by atoms with Crippen molar-refractivity contribution in [2.75, 3.05) is 6.54 Å². The van der Waals surface area contributed by atoms with Crippen LogP contribution in [0.1, 0.15) is 37.3 Å². The SMILES string of the molecule is CC1CCC(=O)N(Cc2cccc(C#N)c2F)CC1. The fraction of sp³-hybridized carbons (Fsp3) is 0.467. The van der Waals surface area contributed by atoms with Crippen molar-refractivity contribution in [3.8, 4) is 6.07 Å². The normalized spacial score (nSPS) is 19.9. The Bertz CT molecular complexity index is 521. The van der Waals surface area contributed by atoms with Crippen molar-refractivity contribution in [2.45, 2.75) is 32.7 Å². The van der Waals surface area contributed by atoms with Crippen molar-refractivity contribution in [3.05, 3.63) is 35.1 Å². The topological polar surface area (TPSA) is 44.1 Å². The maximum Gasteiger partial charge on any atom is 0.222 e. The molecule has 1 aliphatic rings. The van der Waals surface area contributed by atoms with Gasteiger partial charge >= 0.3 is 0 Å². The van der Waals surface area contributed by atoms with Crippen LogP contribution in [0.25, 0.3) is 0 Å². The molecule has 1 amide bonds. The largest absolute Gasteiger partial charge is 0.338 e. The number of carbonyl (C=O) groups excluding carboxylic acids is 1. The first-order chi connectivity index (χ1) is 9.11. The third-order valence-corrected chi connectivity index (χ3v) is 3.66. The van der Waals surface area contributed by atoms with E-state index in [1.54, 1.807) is 17.0 Å². The molecule has 1 aromatic carbocycles. The summed E-state index contributed by atoms with van der Waals surface area (Å²) in [5.74, 6) is 0.102. The predicted molar refractivity (Wildman–Crippen MR) is 69.5 cm³/mol. The zero-order valence-electron chi connectivity index (χ0n) is 11.0. The summed E-state index contributed by atoms with van der Waals surface area (Å²) in [6, 6.07) is 6.57. The average Bonchev–Trinajstić information content (AvgIpc) is 2.56. The summed E-state index contributed by atoms with van der Waals surface area (Å²) < 4.78 is 14.0. The van der Waals surface area contributed by atoms with Gasteiger partial charge in [-0.1, -0.05) is 19.1 Å². The molecule has 1 fully saturated rings. The van der Waals surface area contributed by atoms with E-state index in [9.17, 15) is 9.18 Å². The van der Waals surface area contributed by atoms with E-state index in [2.05, 4.69) is 6.92 Å². The van der Waals surface area contributed by atoms with Crippen LogP contribution in [0, 0.1) is 23.1 Å². The highest BCUT2D eigenvalue weighted by molar-refractivity contribution is 5.76. The molecule has 0 N–H and O–H groups in total. The van der Waals surface area contributed by atoms with Crippen molar-refractivity contribution in [1.82, 2.24) is 4.90 Å². The van der Waals surface area contributed by atoms with Gasteiger partial charge in [0.05, 0.1) is 5.56 Å². The van der Waals surface area contributed by atoms with Crippen LogP contribution in [-0.4, -0.2) is 17.4 Å². The summed E-state index contributed by atoms with van der Waals surface area (Å²) in [4.78, 5) is 13.7. The van der Waals surface area contributed by atoms with Gasteiger partial charge in [-0.05, 0) is 24.8 Å². The first-order valence-corrected chi connectivity index (χ1v) is 6.57. The van der Waals surface area contributed by atoms with E-state index >= 15 is 0 Å². The molecule has 19 heavy (non-hydrogen) atoms. The highest BCUT2D eigenvalue weighted by Gasteiger charge is 2.21. The quantitative estimate of drug-likeness (QED) is 0.820. The van der Waals surface area contributed by atoms with Gasteiger partial charge in [-0.2, -0.15) is 5.26 Å². The van der Waals surface area contributed by atoms with E-state index in [1.165, 1.54) is 6.07 Å². The molecule has 0 saturated carbocycles. The highest BCUT2D eigenvalue weighted by Crippen LogP contribution is 2.21. The Morgan fingerprint density at radius 1 is 1.47 bits per heavy atom. The third kappa shape index (κ3) is 3.11. The summed E-state index contributed by atoms with van der Waals surface area (Å²) in [6.45, 7) is 3.05. The summed E-state index contributed by atoms with van der Waals surface area (Å²) in [6.07, 6.45) is 2.38. The van der Waals surface area contributed by atoms with Gasteiger partial charge in [-0.25, -0.2) is 4.39 Å². The zero-order valence-corrected chi connectivity index (χ0v) is 11.0. The number of hydrogen-bond acceptors (Lipinski definition) is 2. The first kappa shape index (κ1) is 13.5. The lowest BCUT2D eigenvalue weighted by Gasteiger charge is -2.21. The first-order valence-electron chi connectivity index (χ1n) is 6.57. The van der Waals surface area contributed by atoms with Crippen LogP contribution in [0.2, 0.25) is 0 Å². The molecular formula is C15H17FN2O. The lowest BCUT2D eigenvalue weighted by Crippen LogP contribution is -2.30. The standard InChI is InChI=1S/C15H17FN2O/c1-11-5-6-14(19)18(8-7-11)10-13-4-2-3-12(9-17)15(13)16/h2-4,11H,5-8,10H2,1H3. The molecule has 1 atom stereocenters. The van der Waals surface area contributed by atoms with Crippen molar-refractivity contribution < 1.29 is 9.18 Å².